The molecule has 1 saturated heterocycles. The Morgan fingerprint density at radius 2 is 1.65 bits per heavy atom. The third-order valence-electron chi connectivity index (χ3n) is 4.70. The molecule has 1 aliphatic heterocycles. The van der Waals surface area contributed by atoms with E-state index in [1.54, 1.807) is 24.3 Å². The van der Waals surface area contributed by atoms with Crippen molar-refractivity contribution in [3.8, 4) is 0 Å². The van der Waals surface area contributed by atoms with Crippen LogP contribution in [0.15, 0.2) is 24.3 Å². The lowest BCUT2D eigenvalue weighted by atomic mass is 9.96. The molecule has 0 spiro atoms. The third kappa shape index (κ3) is 1.35. The molecular weight excluding hydrogens is 258 g/mol. The predicted octanol–water partition coefficient (Wildman–Crippen LogP) is 1.31. The summed E-state index contributed by atoms with van der Waals surface area (Å²) in [5.74, 6) is -1.27. The number of aliphatic carboxylic acids is 1. The SMILES string of the molecule is O=C1C2CC2C(=O)N1c1ccc(C2(C(=O)O)CC2)cc1. The minimum absolute atomic E-state index is 0.115. The van der Waals surface area contributed by atoms with Crippen LogP contribution in [0.4, 0.5) is 5.69 Å². The normalized spacial score (nSPS) is 29.3. The molecule has 1 aromatic carbocycles. The first-order chi connectivity index (χ1) is 9.54. The molecule has 2 amide bonds. The van der Waals surface area contributed by atoms with E-state index in [2.05, 4.69) is 0 Å². The van der Waals surface area contributed by atoms with Crippen molar-refractivity contribution in [1.82, 2.24) is 0 Å². The number of benzene rings is 1. The molecule has 5 nitrogen and oxygen atoms in total. The molecule has 0 radical (unpaired) electrons. The Morgan fingerprint density at radius 1 is 1.10 bits per heavy atom. The van der Waals surface area contributed by atoms with Crippen LogP contribution in [0.5, 0.6) is 0 Å². The van der Waals surface area contributed by atoms with Crippen molar-refractivity contribution in [3.05, 3.63) is 29.8 Å². The largest absolute Gasteiger partial charge is 0.481 e. The molecule has 0 bridgehead atoms. The second-order valence-corrected chi connectivity index (χ2v) is 5.89. The number of imide groups is 1. The molecule has 2 saturated carbocycles. The fourth-order valence-corrected chi connectivity index (χ4v) is 3.12. The van der Waals surface area contributed by atoms with Gasteiger partial charge in [0.05, 0.1) is 22.9 Å². The molecule has 0 aromatic heterocycles. The zero-order valence-corrected chi connectivity index (χ0v) is 10.7. The lowest BCUT2D eigenvalue weighted by Crippen LogP contribution is -2.32. The van der Waals surface area contributed by atoms with Crippen molar-refractivity contribution >= 4 is 23.5 Å². The van der Waals surface area contributed by atoms with Crippen LogP contribution in [0.2, 0.25) is 0 Å². The zero-order chi connectivity index (χ0) is 14.1. The highest BCUT2D eigenvalue weighted by molar-refractivity contribution is 6.24. The van der Waals surface area contributed by atoms with Gasteiger partial charge in [-0.15, -0.1) is 0 Å². The van der Waals surface area contributed by atoms with Crippen LogP contribution < -0.4 is 4.90 Å². The monoisotopic (exact) mass is 271 g/mol. The molecule has 2 atom stereocenters. The highest BCUT2D eigenvalue weighted by Gasteiger charge is 2.59. The van der Waals surface area contributed by atoms with Gasteiger partial charge in [0, 0.05) is 0 Å². The summed E-state index contributed by atoms with van der Waals surface area (Å²) in [4.78, 5) is 36.4. The number of rotatable bonds is 3. The second kappa shape index (κ2) is 3.48. The number of nitrogens with zero attached hydrogens (tertiary/aromatic N) is 1. The summed E-state index contributed by atoms with van der Waals surface area (Å²) in [5.41, 5.74) is 0.551. The van der Waals surface area contributed by atoms with Crippen LogP contribution in [0.3, 0.4) is 0 Å². The summed E-state index contributed by atoms with van der Waals surface area (Å²) in [6.45, 7) is 0. The van der Waals surface area contributed by atoms with Gasteiger partial charge in [0.1, 0.15) is 0 Å². The molecule has 3 fully saturated rings. The van der Waals surface area contributed by atoms with Gasteiger partial charge in [0.2, 0.25) is 11.8 Å². The molecular formula is C15H13NO4. The van der Waals surface area contributed by atoms with E-state index >= 15 is 0 Å². The van der Waals surface area contributed by atoms with E-state index < -0.39 is 11.4 Å². The standard InChI is InChI=1S/C15H13NO4/c17-12-10-7-11(10)13(18)16(12)9-3-1-8(2-4-9)15(5-6-15)14(19)20/h1-4,10-11H,5-7H2,(H,19,20). The minimum atomic E-state index is -0.806. The van der Waals surface area contributed by atoms with E-state index in [-0.39, 0.29) is 23.7 Å². The van der Waals surface area contributed by atoms with Gasteiger partial charge in [0.15, 0.2) is 0 Å². The van der Waals surface area contributed by atoms with Gasteiger partial charge in [-0.2, -0.15) is 0 Å². The zero-order valence-electron chi connectivity index (χ0n) is 10.7. The molecule has 3 aliphatic rings. The maximum absolute atomic E-state index is 12.0. The smallest absolute Gasteiger partial charge is 0.314 e. The minimum Gasteiger partial charge on any atom is -0.481 e. The fraction of sp³-hybridized carbons (Fsp3) is 0.400. The van der Waals surface area contributed by atoms with Crippen LogP contribution >= 0.6 is 0 Å². The van der Waals surface area contributed by atoms with Crippen molar-refractivity contribution in [2.75, 3.05) is 4.90 Å². The van der Waals surface area contributed by atoms with Gasteiger partial charge in [-0.05, 0) is 37.0 Å². The first kappa shape index (κ1) is 11.6. The Morgan fingerprint density at radius 3 is 2.10 bits per heavy atom. The van der Waals surface area contributed by atoms with Gasteiger partial charge in [-0.3, -0.25) is 19.3 Å². The van der Waals surface area contributed by atoms with Crippen LogP contribution in [0.25, 0.3) is 0 Å². The maximum Gasteiger partial charge on any atom is 0.314 e. The topological polar surface area (TPSA) is 74.7 Å². The highest BCUT2D eigenvalue weighted by Crippen LogP contribution is 2.50. The van der Waals surface area contributed by atoms with Crippen LogP contribution in [-0.4, -0.2) is 22.9 Å². The van der Waals surface area contributed by atoms with E-state index in [0.29, 0.717) is 24.9 Å². The predicted molar refractivity (Wildman–Crippen MR) is 69.1 cm³/mol. The quantitative estimate of drug-likeness (QED) is 0.841. The molecule has 1 heterocycles. The van der Waals surface area contributed by atoms with Gasteiger partial charge in [-0.1, -0.05) is 12.1 Å². The Bertz CT molecular complexity index is 624. The van der Waals surface area contributed by atoms with E-state index in [4.69, 9.17) is 0 Å². The van der Waals surface area contributed by atoms with Crippen molar-refractivity contribution in [1.29, 1.82) is 0 Å². The Kier molecular flexibility index (Phi) is 2.02. The third-order valence-corrected chi connectivity index (χ3v) is 4.70. The Balaban J connectivity index is 1.64. The van der Waals surface area contributed by atoms with Gasteiger partial charge in [0.25, 0.3) is 0 Å². The number of anilines is 1. The van der Waals surface area contributed by atoms with Crippen LogP contribution in [-0.2, 0) is 19.8 Å². The van der Waals surface area contributed by atoms with Gasteiger partial charge >= 0.3 is 5.97 Å². The number of carbonyl (C=O) groups excluding carboxylic acids is 2. The molecule has 2 unspecified atom stereocenters. The summed E-state index contributed by atoms with van der Waals surface area (Å²) >= 11 is 0. The molecule has 1 N–H and O–H groups in total. The summed E-state index contributed by atoms with van der Waals surface area (Å²) in [6, 6.07) is 6.81. The van der Waals surface area contributed by atoms with Gasteiger partial charge < -0.3 is 5.11 Å². The number of carboxylic acids is 1. The average Bonchev–Trinajstić information content (AvgIpc) is 3.32. The maximum atomic E-state index is 12.0. The van der Waals surface area contributed by atoms with E-state index in [1.165, 1.54) is 4.90 Å². The summed E-state index contributed by atoms with van der Waals surface area (Å²) in [5, 5.41) is 9.24. The second-order valence-electron chi connectivity index (χ2n) is 5.89. The van der Waals surface area contributed by atoms with Crippen LogP contribution in [0.1, 0.15) is 24.8 Å². The number of amides is 2. The van der Waals surface area contributed by atoms with Crippen LogP contribution in [0, 0.1) is 11.8 Å². The first-order valence-electron chi connectivity index (χ1n) is 6.76. The fourth-order valence-electron chi connectivity index (χ4n) is 3.12. The summed E-state index contributed by atoms with van der Waals surface area (Å²) in [7, 11) is 0. The Labute approximate surface area is 115 Å². The summed E-state index contributed by atoms with van der Waals surface area (Å²) in [6.07, 6.45) is 1.98. The Hall–Kier alpha value is -2.17. The average molecular weight is 271 g/mol. The number of fused-ring (bicyclic) bond motifs is 1. The molecule has 1 aromatic rings. The lowest BCUT2D eigenvalue weighted by molar-refractivity contribution is -0.140. The highest BCUT2D eigenvalue weighted by atomic mass is 16.4. The first-order valence-corrected chi connectivity index (χ1v) is 6.76. The van der Waals surface area contributed by atoms with E-state index in [9.17, 15) is 19.5 Å². The number of hydrogen-bond acceptors (Lipinski definition) is 3. The summed E-state index contributed by atoms with van der Waals surface area (Å²) < 4.78 is 0. The van der Waals surface area contributed by atoms with Crippen molar-refractivity contribution in [2.45, 2.75) is 24.7 Å². The molecule has 5 heteroatoms. The lowest BCUT2D eigenvalue weighted by Gasteiger charge is -2.18. The van der Waals surface area contributed by atoms with Gasteiger partial charge in [-0.25, -0.2) is 0 Å². The molecule has 102 valence electrons. The number of piperidine rings is 1. The van der Waals surface area contributed by atoms with Crippen molar-refractivity contribution in [2.24, 2.45) is 11.8 Å². The molecule has 2 aliphatic carbocycles. The molecule has 20 heavy (non-hydrogen) atoms. The van der Waals surface area contributed by atoms with Crippen molar-refractivity contribution in [3.63, 3.8) is 0 Å². The van der Waals surface area contributed by atoms with E-state index in [0.717, 1.165) is 5.56 Å². The van der Waals surface area contributed by atoms with Crippen molar-refractivity contribution < 1.29 is 19.5 Å². The number of carboxylic acid groups (broad SMARTS) is 1. The molecule has 4 rings (SSSR count). The number of carbonyl (C=O) groups is 3. The number of hydrogen-bond donors (Lipinski definition) is 1. The van der Waals surface area contributed by atoms with E-state index in [1.807, 2.05) is 0 Å².